The van der Waals surface area contributed by atoms with Crippen molar-refractivity contribution in [3.63, 3.8) is 0 Å². The minimum atomic E-state index is -0.823. The first-order chi connectivity index (χ1) is 9.96. The summed E-state index contributed by atoms with van der Waals surface area (Å²) in [6, 6.07) is 0. The molecule has 0 radical (unpaired) electrons. The van der Waals surface area contributed by atoms with Crippen LogP contribution in [-0.4, -0.2) is 50.4 Å². The lowest BCUT2D eigenvalue weighted by Gasteiger charge is -2.61. The minimum Gasteiger partial charge on any atom is -0.377 e. The number of rotatable bonds is 1. The Balaban J connectivity index is 1.61. The number of nitrogens with two attached hydrogens (primary N) is 1. The molecule has 4 rings (SSSR count). The molecule has 7 heteroatoms. The Kier molecular flexibility index (Phi) is 2.54. The smallest absolute Gasteiger partial charge is 0.244 e. The van der Waals surface area contributed by atoms with E-state index in [1.54, 1.807) is 6.33 Å². The van der Waals surface area contributed by atoms with E-state index >= 15 is 0 Å². The lowest BCUT2D eigenvalue weighted by atomic mass is 9.47. The fourth-order valence-corrected chi connectivity index (χ4v) is 4.32. The van der Waals surface area contributed by atoms with E-state index in [1.807, 2.05) is 23.3 Å². The van der Waals surface area contributed by atoms with E-state index in [9.17, 15) is 4.79 Å². The maximum atomic E-state index is 13.1. The number of ether oxygens (including phenoxy) is 1. The van der Waals surface area contributed by atoms with Crippen molar-refractivity contribution in [2.75, 3.05) is 13.2 Å². The average Bonchev–Trinajstić information content (AvgIpc) is 3.12. The summed E-state index contributed by atoms with van der Waals surface area (Å²) in [5.41, 5.74) is 5.48. The Bertz CT molecular complexity index is 598. The fourth-order valence-electron chi connectivity index (χ4n) is 4.32. The summed E-state index contributed by atoms with van der Waals surface area (Å²) in [4.78, 5) is 14.9. The van der Waals surface area contributed by atoms with Gasteiger partial charge in [0.2, 0.25) is 5.91 Å². The first kappa shape index (κ1) is 13.2. The minimum absolute atomic E-state index is 0.0356. The van der Waals surface area contributed by atoms with Crippen LogP contribution in [0.3, 0.4) is 0 Å². The number of amides is 1. The van der Waals surface area contributed by atoms with Gasteiger partial charge in [-0.05, 0) is 6.42 Å². The van der Waals surface area contributed by atoms with Gasteiger partial charge in [0.05, 0.1) is 12.6 Å². The molecule has 7 nitrogen and oxygen atoms in total. The molecule has 1 aromatic rings. The highest BCUT2D eigenvalue weighted by atomic mass is 16.5. The molecule has 0 bridgehead atoms. The number of carbonyl (C=O) groups is 1. The molecule has 1 aromatic heterocycles. The lowest BCUT2D eigenvalue weighted by molar-refractivity contribution is -0.185. The second kappa shape index (κ2) is 4.04. The van der Waals surface area contributed by atoms with Crippen LogP contribution in [0.2, 0.25) is 0 Å². The largest absolute Gasteiger partial charge is 0.377 e. The van der Waals surface area contributed by atoms with Gasteiger partial charge in [0.1, 0.15) is 11.9 Å². The topological polar surface area (TPSA) is 86.3 Å². The molecule has 1 aliphatic carbocycles. The molecular weight excluding hydrogens is 270 g/mol. The van der Waals surface area contributed by atoms with Crippen molar-refractivity contribution in [3.05, 3.63) is 12.2 Å². The zero-order chi connectivity index (χ0) is 14.8. The maximum Gasteiger partial charge on any atom is 0.244 e. The third-order valence-corrected chi connectivity index (χ3v) is 5.73. The number of carbonyl (C=O) groups excluding carboxylic acids is 1. The van der Waals surface area contributed by atoms with Crippen LogP contribution in [0.25, 0.3) is 0 Å². The molecule has 1 amide bonds. The third kappa shape index (κ3) is 1.48. The van der Waals surface area contributed by atoms with Crippen LogP contribution in [0.5, 0.6) is 0 Å². The van der Waals surface area contributed by atoms with E-state index in [2.05, 4.69) is 10.2 Å². The Hall–Kier alpha value is -1.47. The van der Waals surface area contributed by atoms with Gasteiger partial charge in [-0.15, -0.1) is 10.2 Å². The Labute approximate surface area is 123 Å². The highest BCUT2D eigenvalue weighted by Crippen LogP contribution is 2.58. The van der Waals surface area contributed by atoms with E-state index in [0.29, 0.717) is 19.7 Å². The van der Waals surface area contributed by atoms with Crippen molar-refractivity contribution < 1.29 is 9.53 Å². The highest BCUT2D eigenvalue weighted by Gasteiger charge is 2.72. The van der Waals surface area contributed by atoms with Crippen molar-refractivity contribution in [2.45, 2.75) is 45.0 Å². The fraction of sp³-hybridized carbons (Fsp3) is 0.786. The van der Waals surface area contributed by atoms with Gasteiger partial charge in [0.15, 0.2) is 5.82 Å². The molecule has 0 aromatic carbocycles. The van der Waals surface area contributed by atoms with Gasteiger partial charge in [-0.1, -0.05) is 13.8 Å². The van der Waals surface area contributed by atoms with E-state index in [1.165, 1.54) is 0 Å². The summed E-state index contributed by atoms with van der Waals surface area (Å²) in [7, 11) is 0. The normalized spacial score (nSPS) is 36.8. The third-order valence-electron chi connectivity index (χ3n) is 5.73. The Morgan fingerprint density at radius 3 is 3.10 bits per heavy atom. The molecular formula is C14H21N5O2. The van der Waals surface area contributed by atoms with Crippen molar-refractivity contribution in [1.29, 1.82) is 0 Å². The van der Waals surface area contributed by atoms with Gasteiger partial charge < -0.3 is 19.9 Å². The molecule has 0 spiro atoms. The predicted molar refractivity (Wildman–Crippen MR) is 74.0 cm³/mol. The standard InChI is InChI=1S/C14H21N5O2/c1-13(2)11-9(3-6-21-11)14(13,15)12(20)18-4-5-19-8-16-17-10(19)7-18/h8-9,11H,3-7,15H2,1-2H3. The van der Waals surface area contributed by atoms with Crippen LogP contribution in [0, 0.1) is 11.3 Å². The Morgan fingerprint density at radius 1 is 1.48 bits per heavy atom. The van der Waals surface area contributed by atoms with Gasteiger partial charge in [-0.25, -0.2) is 0 Å². The van der Waals surface area contributed by atoms with Crippen LogP contribution < -0.4 is 5.73 Å². The molecule has 2 N–H and O–H groups in total. The van der Waals surface area contributed by atoms with E-state index < -0.39 is 5.54 Å². The van der Waals surface area contributed by atoms with Crippen LogP contribution in [0.1, 0.15) is 26.1 Å². The highest BCUT2D eigenvalue weighted by molar-refractivity contribution is 5.89. The summed E-state index contributed by atoms with van der Waals surface area (Å²) in [5.74, 6) is 1.00. The first-order valence-corrected chi connectivity index (χ1v) is 7.53. The van der Waals surface area contributed by atoms with E-state index in [-0.39, 0.29) is 23.3 Å². The van der Waals surface area contributed by atoms with Gasteiger partial charge in [-0.3, -0.25) is 4.79 Å². The second-order valence-electron chi connectivity index (χ2n) is 6.94. The second-order valence-corrected chi connectivity index (χ2v) is 6.94. The summed E-state index contributed by atoms with van der Waals surface area (Å²) in [6.45, 7) is 6.69. The predicted octanol–water partition coefficient (Wildman–Crippen LogP) is -0.237. The van der Waals surface area contributed by atoms with Gasteiger partial charge in [0, 0.05) is 31.0 Å². The molecule has 3 unspecified atom stereocenters. The molecule has 3 heterocycles. The number of fused-ring (bicyclic) bond motifs is 2. The molecule has 1 saturated carbocycles. The number of hydrogen-bond donors (Lipinski definition) is 1. The van der Waals surface area contributed by atoms with Crippen LogP contribution in [0.4, 0.5) is 0 Å². The summed E-state index contributed by atoms with van der Waals surface area (Å²) >= 11 is 0. The van der Waals surface area contributed by atoms with Crippen molar-refractivity contribution in [3.8, 4) is 0 Å². The van der Waals surface area contributed by atoms with Crippen molar-refractivity contribution in [1.82, 2.24) is 19.7 Å². The quantitative estimate of drug-likeness (QED) is 0.772. The lowest BCUT2D eigenvalue weighted by Crippen LogP contribution is -2.80. The summed E-state index contributed by atoms with van der Waals surface area (Å²) in [6.07, 6.45) is 2.70. The van der Waals surface area contributed by atoms with Crippen LogP contribution in [0.15, 0.2) is 6.33 Å². The van der Waals surface area contributed by atoms with E-state index in [4.69, 9.17) is 10.5 Å². The SMILES string of the molecule is CC1(C)C2OCCC2C1(N)C(=O)N1CCn2cnnc2C1. The molecule has 1 saturated heterocycles. The molecule has 3 aliphatic rings. The van der Waals surface area contributed by atoms with Crippen LogP contribution >= 0.6 is 0 Å². The molecule has 21 heavy (non-hydrogen) atoms. The Morgan fingerprint density at radius 2 is 2.29 bits per heavy atom. The zero-order valence-electron chi connectivity index (χ0n) is 12.5. The molecule has 114 valence electrons. The summed E-state index contributed by atoms with van der Waals surface area (Å²) in [5, 5.41) is 7.97. The van der Waals surface area contributed by atoms with Crippen molar-refractivity contribution in [2.24, 2.45) is 17.1 Å². The molecule has 3 atom stereocenters. The maximum absolute atomic E-state index is 13.1. The average molecular weight is 291 g/mol. The summed E-state index contributed by atoms with van der Waals surface area (Å²) < 4.78 is 7.75. The molecule has 2 fully saturated rings. The first-order valence-electron chi connectivity index (χ1n) is 7.53. The van der Waals surface area contributed by atoms with Crippen molar-refractivity contribution >= 4 is 5.91 Å². The number of nitrogens with zero attached hydrogens (tertiary/aromatic N) is 4. The molecule has 2 aliphatic heterocycles. The van der Waals surface area contributed by atoms with Crippen LogP contribution in [-0.2, 0) is 22.6 Å². The number of aromatic nitrogens is 3. The van der Waals surface area contributed by atoms with Gasteiger partial charge in [-0.2, -0.15) is 0 Å². The number of hydrogen-bond acceptors (Lipinski definition) is 5. The van der Waals surface area contributed by atoms with E-state index in [0.717, 1.165) is 18.8 Å². The zero-order valence-corrected chi connectivity index (χ0v) is 12.5. The van der Waals surface area contributed by atoms with Gasteiger partial charge in [0.25, 0.3) is 0 Å². The van der Waals surface area contributed by atoms with Gasteiger partial charge >= 0.3 is 0 Å². The monoisotopic (exact) mass is 291 g/mol.